The Balaban J connectivity index is 1.27. The number of hydrogen-bond donors (Lipinski definition) is 3. The van der Waals surface area contributed by atoms with Crippen molar-refractivity contribution in [3.63, 3.8) is 0 Å². The summed E-state index contributed by atoms with van der Waals surface area (Å²) >= 11 is 6.18. The number of amides is 1. The molecule has 0 aliphatic heterocycles. The standard InChI is InChI=1S/C20H16ClF3N4O3/c21-10-2-15(14-8-26-28-16(14)3-10)19(30)4-12-13(5-19)17(12)27-18(29)9-1-11(7-25-6-9)31-20(22,23)24/h1-3,6-8,12-13,17,30H,4-5H2,(H,26,28)(H,27,29). The number of nitrogens with zero attached hydrogens (tertiary/aromatic N) is 2. The topological polar surface area (TPSA) is 100 Å². The molecule has 0 radical (unpaired) electrons. The minimum atomic E-state index is -4.87. The molecule has 2 fully saturated rings. The van der Waals surface area contributed by atoms with Crippen molar-refractivity contribution >= 4 is 28.4 Å². The summed E-state index contributed by atoms with van der Waals surface area (Å²) in [6.07, 6.45) is -0.301. The van der Waals surface area contributed by atoms with E-state index in [1.54, 1.807) is 18.3 Å². The van der Waals surface area contributed by atoms with E-state index in [1.165, 1.54) is 6.20 Å². The zero-order valence-electron chi connectivity index (χ0n) is 15.8. The number of rotatable bonds is 4. The highest BCUT2D eigenvalue weighted by Gasteiger charge is 2.62. The molecule has 1 aromatic carbocycles. The number of pyridine rings is 1. The van der Waals surface area contributed by atoms with E-state index in [4.69, 9.17) is 11.6 Å². The number of ether oxygens (including phenoxy) is 1. The lowest BCUT2D eigenvalue weighted by molar-refractivity contribution is -0.274. The van der Waals surface area contributed by atoms with E-state index in [2.05, 4.69) is 25.2 Å². The summed E-state index contributed by atoms with van der Waals surface area (Å²) in [5, 5.41) is 22.2. The van der Waals surface area contributed by atoms with Crippen LogP contribution >= 0.6 is 11.6 Å². The van der Waals surface area contributed by atoms with Crippen molar-refractivity contribution in [2.45, 2.75) is 30.8 Å². The number of nitrogens with one attached hydrogen (secondary N) is 2. The van der Waals surface area contributed by atoms with Gasteiger partial charge in [0.05, 0.1) is 29.1 Å². The fourth-order valence-corrected chi connectivity index (χ4v) is 4.89. The predicted octanol–water partition coefficient (Wildman–Crippen LogP) is 3.54. The molecule has 2 atom stereocenters. The summed E-state index contributed by atoms with van der Waals surface area (Å²) in [5.41, 5.74) is 0.306. The summed E-state index contributed by atoms with van der Waals surface area (Å²) in [6, 6.07) is 4.29. The van der Waals surface area contributed by atoms with Crippen LogP contribution in [0.3, 0.4) is 0 Å². The smallest absolute Gasteiger partial charge is 0.404 e. The lowest BCUT2D eigenvalue weighted by atomic mass is 9.86. The van der Waals surface area contributed by atoms with Crippen molar-refractivity contribution in [1.82, 2.24) is 20.5 Å². The van der Waals surface area contributed by atoms with Crippen LogP contribution in [0.2, 0.25) is 5.02 Å². The number of aliphatic hydroxyl groups is 1. The molecule has 31 heavy (non-hydrogen) atoms. The van der Waals surface area contributed by atoms with Crippen LogP contribution in [0.5, 0.6) is 5.75 Å². The maximum absolute atomic E-state index is 12.5. The van der Waals surface area contributed by atoms with Gasteiger partial charge in [0.2, 0.25) is 0 Å². The molecule has 2 heterocycles. The van der Waals surface area contributed by atoms with Crippen LogP contribution in [0.15, 0.2) is 36.8 Å². The molecule has 0 bridgehead atoms. The Morgan fingerprint density at radius 2 is 1.97 bits per heavy atom. The highest BCUT2D eigenvalue weighted by molar-refractivity contribution is 6.31. The molecular weight excluding hydrogens is 437 g/mol. The van der Waals surface area contributed by atoms with E-state index < -0.39 is 23.6 Å². The quantitative estimate of drug-likeness (QED) is 0.562. The van der Waals surface area contributed by atoms with Gasteiger partial charge >= 0.3 is 6.36 Å². The zero-order chi connectivity index (χ0) is 22.0. The van der Waals surface area contributed by atoms with Gasteiger partial charge in [0, 0.05) is 22.6 Å². The zero-order valence-corrected chi connectivity index (χ0v) is 16.5. The SMILES string of the molecule is O=C(NC1C2CC(O)(c3cc(Cl)cc4[nH]ncc34)CC21)c1cncc(OC(F)(F)F)c1. The molecule has 5 rings (SSSR count). The number of fused-ring (bicyclic) bond motifs is 2. The van der Waals surface area contributed by atoms with Crippen LogP contribution in [0.4, 0.5) is 13.2 Å². The Bertz CT molecular complexity index is 1170. The van der Waals surface area contributed by atoms with Gasteiger partial charge in [-0.2, -0.15) is 5.10 Å². The first-order chi connectivity index (χ1) is 14.6. The van der Waals surface area contributed by atoms with Gasteiger partial charge in [-0.3, -0.25) is 14.9 Å². The van der Waals surface area contributed by atoms with Crippen LogP contribution in [-0.4, -0.2) is 38.6 Å². The summed E-state index contributed by atoms with van der Waals surface area (Å²) < 4.78 is 40.9. The molecular formula is C20H16ClF3N4O3. The first-order valence-electron chi connectivity index (χ1n) is 9.50. The molecule has 2 aromatic heterocycles. The van der Waals surface area contributed by atoms with Gasteiger partial charge in [0.1, 0.15) is 5.75 Å². The molecule has 2 unspecified atom stereocenters. The van der Waals surface area contributed by atoms with Crippen molar-refractivity contribution in [3.05, 3.63) is 52.9 Å². The number of hydrogen-bond acceptors (Lipinski definition) is 5. The number of halogens is 4. The van der Waals surface area contributed by atoms with Crippen molar-refractivity contribution < 1.29 is 27.8 Å². The Morgan fingerprint density at radius 3 is 2.68 bits per heavy atom. The van der Waals surface area contributed by atoms with E-state index in [0.29, 0.717) is 23.4 Å². The van der Waals surface area contributed by atoms with E-state index in [1.807, 2.05) is 0 Å². The minimum absolute atomic E-state index is 0.0306. The lowest BCUT2D eigenvalue weighted by Gasteiger charge is -2.27. The first-order valence-corrected chi connectivity index (χ1v) is 9.88. The minimum Gasteiger partial charge on any atom is -0.404 e. The predicted molar refractivity (Wildman–Crippen MR) is 103 cm³/mol. The molecule has 0 saturated heterocycles. The normalized spacial score (nSPS) is 27.2. The van der Waals surface area contributed by atoms with Gasteiger partial charge in [0.25, 0.3) is 5.91 Å². The van der Waals surface area contributed by atoms with Crippen LogP contribution in [0, 0.1) is 11.8 Å². The maximum atomic E-state index is 12.5. The van der Waals surface area contributed by atoms with Crippen LogP contribution < -0.4 is 10.1 Å². The molecule has 162 valence electrons. The van der Waals surface area contributed by atoms with Crippen molar-refractivity contribution in [1.29, 1.82) is 0 Å². The van der Waals surface area contributed by atoms with E-state index in [-0.39, 0.29) is 23.4 Å². The third-order valence-corrected chi connectivity index (χ3v) is 6.23. The summed E-state index contributed by atoms with van der Waals surface area (Å²) in [4.78, 5) is 16.1. The van der Waals surface area contributed by atoms with Crippen LogP contribution in [0.1, 0.15) is 28.8 Å². The molecule has 2 aliphatic rings. The third kappa shape index (κ3) is 3.70. The Hall–Kier alpha value is -2.85. The fourth-order valence-electron chi connectivity index (χ4n) is 4.67. The highest BCUT2D eigenvalue weighted by atomic mass is 35.5. The molecule has 2 saturated carbocycles. The number of H-pyrrole nitrogens is 1. The summed E-state index contributed by atoms with van der Waals surface area (Å²) in [7, 11) is 0. The maximum Gasteiger partial charge on any atom is 0.573 e. The van der Waals surface area contributed by atoms with Crippen molar-refractivity contribution in [2.75, 3.05) is 0 Å². The van der Waals surface area contributed by atoms with Gasteiger partial charge in [-0.05, 0) is 48.4 Å². The lowest BCUT2D eigenvalue weighted by Crippen LogP contribution is -2.33. The molecule has 3 aromatic rings. The van der Waals surface area contributed by atoms with Crippen LogP contribution in [-0.2, 0) is 5.60 Å². The summed E-state index contributed by atoms with van der Waals surface area (Å²) in [6.45, 7) is 0. The average molecular weight is 453 g/mol. The van der Waals surface area contributed by atoms with Gasteiger partial charge in [-0.25, -0.2) is 0 Å². The number of benzene rings is 1. The van der Waals surface area contributed by atoms with Gasteiger partial charge in [-0.15, -0.1) is 13.2 Å². The summed E-state index contributed by atoms with van der Waals surface area (Å²) in [5.74, 6) is -0.992. The van der Waals surface area contributed by atoms with Crippen molar-refractivity contribution in [3.8, 4) is 5.75 Å². The molecule has 11 heteroatoms. The Morgan fingerprint density at radius 1 is 1.23 bits per heavy atom. The number of carbonyl (C=O) groups excluding carboxylic acids is 1. The molecule has 7 nitrogen and oxygen atoms in total. The molecule has 1 amide bonds. The second-order valence-corrected chi connectivity index (χ2v) is 8.44. The Kier molecular flexibility index (Phi) is 4.42. The van der Waals surface area contributed by atoms with Gasteiger partial charge in [0.15, 0.2) is 0 Å². The highest BCUT2D eigenvalue weighted by Crippen LogP contribution is 2.60. The molecule has 0 spiro atoms. The second kappa shape index (κ2) is 6.83. The average Bonchev–Trinajstić information content (AvgIpc) is 3.04. The molecule has 3 N–H and O–H groups in total. The van der Waals surface area contributed by atoms with E-state index in [0.717, 1.165) is 23.2 Å². The van der Waals surface area contributed by atoms with E-state index in [9.17, 15) is 23.1 Å². The van der Waals surface area contributed by atoms with Gasteiger partial charge in [-0.1, -0.05) is 11.6 Å². The van der Waals surface area contributed by atoms with Crippen molar-refractivity contribution in [2.24, 2.45) is 11.8 Å². The van der Waals surface area contributed by atoms with Gasteiger partial charge < -0.3 is 15.2 Å². The number of carbonyl (C=O) groups is 1. The second-order valence-electron chi connectivity index (χ2n) is 8.01. The Labute approximate surface area is 178 Å². The third-order valence-electron chi connectivity index (χ3n) is 6.01. The van der Waals surface area contributed by atoms with E-state index >= 15 is 0 Å². The number of aromatic amines is 1. The number of aromatic nitrogens is 3. The first kappa shape index (κ1) is 20.1. The monoisotopic (exact) mass is 452 g/mol. The molecule has 2 aliphatic carbocycles. The van der Waals surface area contributed by atoms with Crippen LogP contribution in [0.25, 0.3) is 10.9 Å². The largest absolute Gasteiger partial charge is 0.573 e. The fraction of sp³-hybridized carbons (Fsp3) is 0.350. The number of alkyl halides is 3.